The lowest BCUT2D eigenvalue weighted by Gasteiger charge is -2.21. The summed E-state index contributed by atoms with van der Waals surface area (Å²) in [4.78, 5) is 14.9. The Morgan fingerprint density at radius 2 is 2.33 bits per heavy atom. The van der Waals surface area contributed by atoms with Gasteiger partial charge in [-0.15, -0.1) is 11.3 Å². The smallest absolute Gasteiger partial charge is 0.246 e. The van der Waals surface area contributed by atoms with E-state index >= 15 is 0 Å². The Bertz CT molecular complexity index is 423. The lowest BCUT2D eigenvalue weighted by molar-refractivity contribution is -0.126. The van der Waals surface area contributed by atoms with Crippen LogP contribution in [0.4, 0.5) is 0 Å². The zero-order chi connectivity index (χ0) is 13.0. The van der Waals surface area contributed by atoms with E-state index < -0.39 is 5.60 Å². The zero-order valence-electron chi connectivity index (χ0n) is 10.6. The Hall–Kier alpha value is -1.13. The molecule has 1 amide bonds. The van der Waals surface area contributed by atoms with Crippen molar-refractivity contribution in [3.63, 3.8) is 0 Å². The van der Waals surface area contributed by atoms with Crippen LogP contribution >= 0.6 is 11.3 Å². The molecule has 0 spiro atoms. The highest BCUT2D eigenvalue weighted by atomic mass is 32.1. The maximum atomic E-state index is 12.0. The van der Waals surface area contributed by atoms with Crippen molar-refractivity contribution in [3.8, 4) is 0 Å². The van der Waals surface area contributed by atoms with Gasteiger partial charge in [0.2, 0.25) is 5.91 Å². The number of likely N-dealkylation sites (tertiary alicyclic amines) is 1. The normalized spacial score (nSPS) is 25.3. The van der Waals surface area contributed by atoms with Gasteiger partial charge in [-0.25, -0.2) is 0 Å². The van der Waals surface area contributed by atoms with E-state index in [1.807, 2.05) is 35.4 Å². The molecule has 1 atom stereocenters. The van der Waals surface area contributed by atoms with Crippen LogP contribution in [0.25, 0.3) is 6.08 Å². The van der Waals surface area contributed by atoms with E-state index in [0.29, 0.717) is 13.0 Å². The van der Waals surface area contributed by atoms with Crippen molar-refractivity contribution >= 4 is 23.3 Å². The van der Waals surface area contributed by atoms with Crippen LogP contribution in [-0.2, 0) is 4.79 Å². The van der Waals surface area contributed by atoms with E-state index in [1.54, 1.807) is 17.4 Å². The average Bonchev–Trinajstić information content (AvgIpc) is 2.77. The lowest BCUT2D eigenvalue weighted by Crippen LogP contribution is -2.32. The number of thiophene rings is 1. The number of hydrogen-bond acceptors (Lipinski definition) is 3. The summed E-state index contributed by atoms with van der Waals surface area (Å²) in [6.45, 7) is 3.23. The molecule has 1 aromatic rings. The molecule has 98 valence electrons. The van der Waals surface area contributed by atoms with Crippen LogP contribution in [0.1, 0.15) is 31.1 Å². The van der Waals surface area contributed by atoms with E-state index in [4.69, 9.17) is 0 Å². The van der Waals surface area contributed by atoms with Crippen LogP contribution in [0.5, 0.6) is 0 Å². The van der Waals surface area contributed by atoms with Crippen LogP contribution in [0.15, 0.2) is 23.6 Å². The summed E-state index contributed by atoms with van der Waals surface area (Å²) in [5, 5.41) is 12.0. The molecule has 0 radical (unpaired) electrons. The SMILES string of the molecule is CC1(O)CCCN(C(=O)/C=C/c2cccs2)CC1. The molecule has 0 bridgehead atoms. The van der Waals surface area contributed by atoms with Gasteiger partial charge in [0.1, 0.15) is 0 Å². The summed E-state index contributed by atoms with van der Waals surface area (Å²) in [5.41, 5.74) is -0.619. The molecule has 1 aliphatic rings. The van der Waals surface area contributed by atoms with Crippen LogP contribution in [0.2, 0.25) is 0 Å². The van der Waals surface area contributed by atoms with Crippen LogP contribution in [-0.4, -0.2) is 34.6 Å². The van der Waals surface area contributed by atoms with Crippen molar-refractivity contribution in [1.82, 2.24) is 4.90 Å². The topological polar surface area (TPSA) is 40.5 Å². The number of carbonyl (C=O) groups is 1. The first-order valence-electron chi connectivity index (χ1n) is 6.30. The molecule has 4 heteroatoms. The molecule has 0 aliphatic carbocycles. The minimum Gasteiger partial charge on any atom is -0.390 e. The predicted molar refractivity (Wildman–Crippen MR) is 74.4 cm³/mol. The van der Waals surface area contributed by atoms with E-state index in [9.17, 15) is 9.90 Å². The number of nitrogens with zero attached hydrogens (tertiary/aromatic N) is 1. The standard InChI is InChI=1S/C14H19NO2S/c1-14(17)7-3-9-15(10-8-14)13(16)6-5-12-4-2-11-18-12/h2,4-6,11,17H,3,7-10H2,1H3/b6-5+. The largest absolute Gasteiger partial charge is 0.390 e. The predicted octanol–water partition coefficient (Wildman–Crippen LogP) is 2.52. The van der Waals surface area contributed by atoms with E-state index in [0.717, 1.165) is 24.3 Å². The number of rotatable bonds is 2. The van der Waals surface area contributed by atoms with Crippen molar-refractivity contribution in [1.29, 1.82) is 0 Å². The lowest BCUT2D eigenvalue weighted by atomic mass is 9.98. The fraction of sp³-hybridized carbons (Fsp3) is 0.500. The Kier molecular flexibility index (Phi) is 4.19. The van der Waals surface area contributed by atoms with E-state index in [-0.39, 0.29) is 5.91 Å². The van der Waals surface area contributed by atoms with Gasteiger partial charge in [-0.2, -0.15) is 0 Å². The van der Waals surface area contributed by atoms with Gasteiger partial charge in [-0.3, -0.25) is 4.79 Å². The second-order valence-corrected chi connectivity index (χ2v) is 6.00. The highest BCUT2D eigenvalue weighted by Crippen LogP contribution is 2.21. The fourth-order valence-electron chi connectivity index (χ4n) is 2.13. The molecule has 2 rings (SSSR count). The van der Waals surface area contributed by atoms with E-state index in [1.165, 1.54) is 0 Å². The molecule has 1 saturated heterocycles. The molecular formula is C14H19NO2S. The Balaban J connectivity index is 1.93. The molecule has 1 aliphatic heterocycles. The minimum absolute atomic E-state index is 0.0427. The molecular weight excluding hydrogens is 246 g/mol. The number of carbonyl (C=O) groups excluding carboxylic acids is 1. The third-order valence-corrected chi connectivity index (χ3v) is 4.15. The summed E-state index contributed by atoms with van der Waals surface area (Å²) < 4.78 is 0. The Labute approximate surface area is 112 Å². The molecule has 3 nitrogen and oxygen atoms in total. The number of hydrogen-bond donors (Lipinski definition) is 1. The van der Waals surface area contributed by atoms with Crippen LogP contribution in [0.3, 0.4) is 0 Å². The molecule has 1 fully saturated rings. The number of aliphatic hydroxyl groups is 1. The van der Waals surface area contributed by atoms with Gasteiger partial charge in [0.05, 0.1) is 5.60 Å². The second kappa shape index (κ2) is 5.67. The third-order valence-electron chi connectivity index (χ3n) is 3.31. The first-order valence-corrected chi connectivity index (χ1v) is 7.18. The Morgan fingerprint density at radius 3 is 3.06 bits per heavy atom. The van der Waals surface area contributed by atoms with Crippen molar-refractivity contribution in [2.75, 3.05) is 13.1 Å². The van der Waals surface area contributed by atoms with Gasteiger partial charge in [-0.05, 0) is 43.7 Å². The summed E-state index contributed by atoms with van der Waals surface area (Å²) >= 11 is 1.62. The molecule has 0 aromatic carbocycles. The van der Waals surface area contributed by atoms with Crippen molar-refractivity contribution in [3.05, 3.63) is 28.5 Å². The van der Waals surface area contributed by atoms with Crippen molar-refractivity contribution in [2.45, 2.75) is 31.8 Å². The van der Waals surface area contributed by atoms with E-state index in [2.05, 4.69) is 0 Å². The molecule has 1 N–H and O–H groups in total. The summed E-state index contributed by atoms with van der Waals surface area (Å²) in [6.07, 6.45) is 5.78. The van der Waals surface area contributed by atoms with Gasteiger partial charge in [0.25, 0.3) is 0 Å². The summed E-state index contributed by atoms with van der Waals surface area (Å²) in [7, 11) is 0. The number of amides is 1. The molecule has 2 heterocycles. The first kappa shape index (κ1) is 13.3. The van der Waals surface area contributed by atoms with Crippen molar-refractivity contribution in [2.24, 2.45) is 0 Å². The van der Waals surface area contributed by atoms with Gasteiger partial charge in [0, 0.05) is 24.0 Å². The molecule has 0 saturated carbocycles. The highest BCUT2D eigenvalue weighted by molar-refractivity contribution is 7.10. The van der Waals surface area contributed by atoms with Gasteiger partial charge < -0.3 is 10.0 Å². The summed E-state index contributed by atoms with van der Waals surface area (Å²) in [5.74, 6) is 0.0427. The minimum atomic E-state index is -0.619. The monoisotopic (exact) mass is 265 g/mol. The molecule has 1 unspecified atom stereocenters. The zero-order valence-corrected chi connectivity index (χ0v) is 11.4. The molecule has 1 aromatic heterocycles. The van der Waals surface area contributed by atoms with Crippen LogP contribution < -0.4 is 0 Å². The van der Waals surface area contributed by atoms with Gasteiger partial charge in [0.15, 0.2) is 0 Å². The van der Waals surface area contributed by atoms with Gasteiger partial charge in [-0.1, -0.05) is 6.07 Å². The third kappa shape index (κ3) is 3.68. The maximum Gasteiger partial charge on any atom is 0.246 e. The van der Waals surface area contributed by atoms with Crippen LogP contribution in [0, 0.1) is 0 Å². The second-order valence-electron chi connectivity index (χ2n) is 5.02. The maximum absolute atomic E-state index is 12.0. The van der Waals surface area contributed by atoms with Gasteiger partial charge >= 0.3 is 0 Å². The average molecular weight is 265 g/mol. The highest BCUT2D eigenvalue weighted by Gasteiger charge is 2.26. The first-order chi connectivity index (χ1) is 8.57. The van der Waals surface area contributed by atoms with Crippen molar-refractivity contribution < 1.29 is 9.90 Å². The quantitative estimate of drug-likeness (QED) is 0.835. The summed E-state index contributed by atoms with van der Waals surface area (Å²) in [6, 6.07) is 3.96. The fourth-order valence-corrected chi connectivity index (χ4v) is 2.75. The molecule has 18 heavy (non-hydrogen) atoms. The Morgan fingerprint density at radius 1 is 1.50 bits per heavy atom.